The van der Waals surface area contributed by atoms with Crippen LogP contribution in [-0.4, -0.2) is 239 Å². The Bertz CT molecular complexity index is 2030. The Hall–Kier alpha value is -3.28. The maximum atomic E-state index is 11.5. The molecule has 0 aromatic heterocycles. The number of piperidine rings is 3. The molecule has 554 valence electrons. The first-order valence-corrected chi connectivity index (χ1v) is 36.0. The van der Waals surface area contributed by atoms with Crippen molar-refractivity contribution in [2.45, 2.75) is 254 Å². The number of nitrogens with one attached hydrogen (secondary N) is 8. The average molecular weight is 1360 g/mol. The van der Waals surface area contributed by atoms with Crippen molar-refractivity contribution in [3.8, 4) is 0 Å². The van der Waals surface area contributed by atoms with E-state index in [1.54, 1.807) is 13.8 Å². The quantitative estimate of drug-likeness (QED) is 0.0611. The van der Waals surface area contributed by atoms with Gasteiger partial charge in [-0.3, -0.25) is 38.4 Å². The highest BCUT2D eigenvalue weighted by atomic mass is 16.3. The maximum absolute atomic E-state index is 11.5. The van der Waals surface area contributed by atoms with Gasteiger partial charge in [-0.25, -0.2) is 0 Å². The molecule has 95 heavy (non-hydrogen) atoms. The number of Topliss-reactive ketones (excluding diaryl/α,β-unsaturated/α-hetero) is 8. The maximum Gasteiger partial charge on any atom is 0.165 e. The van der Waals surface area contributed by atoms with Gasteiger partial charge in [0, 0.05) is 116 Å². The summed E-state index contributed by atoms with van der Waals surface area (Å²) >= 11 is 0. The predicted molar refractivity (Wildman–Crippen MR) is 370 cm³/mol. The Kier molecular flexibility index (Phi) is 45.1. The Labute approximate surface area is 569 Å². The SMILES string of the molecule is CC(C)C(=O)C(O)C1CCCCN1.CC(C)C(=O)C(O)C1CCCN1.CC(C)C(=O)C(O)C1CCCNC1.CC(C)C(=O)C(O)C1CCN1.CC(C)C(=O)C(O)C1CCNC1.CC(C)C(=O)C(O)C1CCNCC1.CC(C)C(=O)C(O)C1CN1.CC(C)C(=O)C(O)C1CNC1. The van der Waals surface area contributed by atoms with Crippen LogP contribution in [0.3, 0.4) is 0 Å². The van der Waals surface area contributed by atoms with Gasteiger partial charge in [0.1, 0.15) is 48.8 Å². The van der Waals surface area contributed by atoms with E-state index in [9.17, 15) is 79.2 Å². The van der Waals surface area contributed by atoms with Crippen LogP contribution < -0.4 is 42.5 Å². The molecule has 0 aromatic rings. The van der Waals surface area contributed by atoms with Crippen LogP contribution >= 0.6 is 0 Å². The van der Waals surface area contributed by atoms with Gasteiger partial charge >= 0.3 is 0 Å². The molecule has 0 radical (unpaired) electrons. The van der Waals surface area contributed by atoms with E-state index in [2.05, 4.69) is 42.5 Å². The molecule has 0 spiro atoms. The largest absolute Gasteiger partial charge is 0.385 e. The van der Waals surface area contributed by atoms with Crippen molar-refractivity contribution in [2.75, 3.05) is 78.5 Å². The van der Waals surface area contributed by atoms with Crippen LogP contribution in [0.4, 0.5) is 0 Å². The molecule has 0 amide bonds. The molecule has 24 nitrogen and oxygen atoms in total. The van der Waals surface area contributed by atoms with E-state index in [1.807, 2.05) is 96.9 Å². The topological polar surface area (TPSA) is 405 Å². The van der Waals surface area contributed by atoms with Crippen LogP contribution in [0, 0.1) is 71.0 Å². The number of carbonyl (C=O) groups excluding carboxylic acids is 8. The lowest BCUT2D eigenvalue weighted by Crippen LogP contribution is -2.54. The number of hydrogen-bond donors (Lipinski definition) is 16. The number of aliphatic hydroxyl groups is 8. The average Bonchev–Trinajstić information content (AvgIpc) is 2.12. The van der Waals surface area contributed by atoms with E-state index in [0.717, 1.165) is 149 Å². The molecule has 0 aliphatic carbocycles. The van der Waals surface area contributed by atoms with E-state index in [4.69, 9.17) is 0 Å². The highest BCUT2D eigenvalue weighted by Gasteiger charge is 2.37. The fourth-order valence-electron chi connectivity index (χ4n) is 11.2. The lowest BCUT2D eigenvalue weighted by molar-refractivity contribution is -0.134. The van der Waals surface area contributed by atoms with Crippen LogP contribution in [0.15, 0.2) is 0 Å². The first-order chi connectivity index (χ1) is 44.5. The molecule has 0 aromatic carbocycles. The highest BCUT2D eigenvalue weighted by molar-refractivity contribution is 5.88. The molecule has 8 aliphatic rings. The van der Waals surface area contributed by atoms with E-state index in [1.165, 1.54) is 0 Å². The third kappa shape index (κ3) is 33.6. The summed E-state index contributed by atoms with van der Waals surface area (Å²) in [6.45, 7) is 39.6. The Morgan fingerprint density at radius 1 is 0.232 bits per heavy atom. The zero-order valence-corrected chi connectivity index (χ0v) is 61.0. The fourth-order valence-corrected chi connectivity index (χ4v) is 11.2. The molecule has 8 heterocycles. The van der Waals surface area contributed by atoms with Crippen molar-refractivity contribution in [2.24, 2.45) is 71.0 Å². The second kappa shape index (κ2) is 47.7. The molecule has 14 atom stereocenters. The summed E-state index contributed by atoms with van der Waals surface area (Å²) in [5, 5.41) is 101. The molecule has 8 saturated heterocycles. The van der Waals surface area contributed by atoms with Gasteiger partial charge in [-0.05, 0) is 116 Å². The predicted octanol–water partition coefficient (Wildman–Crippen LogP) is 1.64. The summed E-state index contributed by atoms with van der Waals surface area (Å²) < 4.78 is 0. The first-order valence-electron chi connectivity index (χ1n) is 36.0. The summed E-state index contributed by atoms with van der Waals surface area (Å²) in [6.07, 6.45) is 4.70. The summed E-state index contributed by atoms with van der Waals surface area (Å²) in [4.78, 5) is 90.5. The van der Waals surface area contributed by atoms with Crippen LogP contribution in [-0.2, 0) is 38.4 Å². The lowest BCUT2D eigenvalue weighted by Gasteiger charge is -2.31. The molecule has 8 fully saturated rings. The van der Waals surface area contributed by atoms with Crippen LogP contribution in [0.2, 0.25) is 0 Å². The van der Waals surface area contributed by atoms with Crippen LogP contribution in [0.25, 0.3) is 0 Å². The molecule has 0 saturated carbocycles. The molecular weight excluding hydrogens is 1220 g/mol. The van der Waals surface area contributed by atoms with E-state index >= 15 is 0 Å². The fraction of sp³-hybridized carbons (Fsp3) is 0.887. The third-order valence-electron chi connectivity index (χ3n) is 18.6. The molecule has 8 aliphatic heterocycles. The highest BCUT2D eigenvalue weighted by Crippen LogP contribution is 2.22. The van der Waals surface area contributed by atoms with Gasteiger partial charge in [0.05, 0.1) is 6.04 Å². The van der Waals surface area contributed by atoms with Gasteiger partial charge < -0.3 is 83.4 Å². The van der Waals surface area contributed by atoms with E-state index < -0.39 is 48.8 Å². The molecular formula is C71H134N8O16. The van der Waals surface area contributed by atoms with Gasteiger partial charge in [-0.1, -0.05) is 117 Å². The van der Waals surface area contributed by atoms with Gasteiger partial charge in [-0.2, -0.15) is 0 Å². The zero-order chi connectivity index (χ0) is 72.4. The lowest BCUT2D eigenvalue weighted by atomic mass is 9.87. The number of carbonyl (C=O) groups is 8. The summed E-state index contributed by atoms with van der Waals surface area (Å²) in [5.74, 6) is -0.157. The molecule has 0 bridgehead atoms. The molecule has 8 rings (SSSR count). The minimum absolute atomic E-state index is 0.0000926. The Morgan fingerprint density at radius 2 is 0.495 bits per heavy atom. The summed E-state index contributed by atoms with van der Waals surface area (Å²) in [7, 11) is 0. The number of aliphatic hydroxyl groups excluding tert-OH is 8. The summed E-state index contributed by atoms with van der Waals surface area (Å²) in [6, 6.07) is 0.0448. The smallest absolute Gasteiger partial charge is 0.165 e. The minimum atomic E-state index is -0.805. The third-order valence-corrected chi connectivity index (χ3v) is 18.6. The van der Waals surface area contributed by atoms with Crippen LogP contribution in [0.5, 0.6) is 0 Å². The van der Waals surface area contributed by atoms with E-state index in [0.29, 0.717) is 0 Å². The van der Waals surface area contributed by atoms with E-state index in [-0.39, 0.29) is 141 Å². The van der Waals surface area contributed by atoms with Gasteiger partial charge in [0.2, 0.25) is 0 Å². The van der Waals surface area contributed by atoms with Crippen molar-refractivity contribution in [1.29, 1.82) is 0 Å². The van der Waals surface area contributed by atoms with Crippen molar-refractivity contribution in [1.82, 2.24) is 42.5 Å². The molecule has 24 heteroatoms. The second-order valence-electron chi connectivity index (χ2n) is 29.5. The molecule has 16 N–H and O–H groups in total. The van der Waals surface area contributed by atoms with Crippen molar-refractivity contribution in [3.05, 3.63) is 0 Å². The van der Waals surface area contributed by atoms with Gasteiger partial charge in [-0.15, -0.1) is 0 Å². The first kappa shape index (κ1) is 89.7. The number of ketones is 8. The monoisotopic (exact) mass is 1350 g/mol. The normalized spacial score (nSPS) is 25.1. The Morgan fingerprint density at radius 3 is 0.768 bits per heavy atom. The Balaban J connectivity index is 0.000000544. The zero-order valence-electron chi connectivity index (χ0n) is 61.0. The minimum Gasteiger partial charge on any atom is -0.385 e. The van der Waals surface area contributed by atoms with Crippen molar-refractivity contribution in [3.63, 3.8) is 0 Å². The van der Waals surface area contributed by atoms with Crippen molar-refractivity contribution < 1.29 is 79.2 Å². The number of hydrogen-bond acceptors (Lipinski definition) is 24. The van der Waals surface area contributed by atoms with Gasteiger partial charge in [0.25, 0.3) is 0 Å². The van der Waals surface area contributed by atoms with Gasteiger partial charge in [0.15, 0.2) is 46.3 Å². The summed E-state index contributed by atoms with van der Waals surface area (Å²) in [5.41, 5.74) is 0. The van der Waals surface area contributed by atoms with Crippen molar-refractivity contribution >= 4 is 46.3 Å². The van der Waals surface area contributed by atoms with Crippen LogP contribution in [0.1, 0.15) is 181 Å². The number of rotatable bonds is 24. The second-order valence-corrected chi connectivity index (χ2v) is 29.5. The standard InChI is InChI=1S/3C10H19NO2.2C9H17NO2.2C8H15NO2.C7H13NO2/c1-7(2)9(12)10(13)8-3-5-11-6-4-8;1-7(2)9(12)10(13)8-4-3-5-11-6-8;1-7(2)9(12)10(13)8-5-3-4-6-11-8;1-6(2)8(11)9(12)7-3-4-10-5-7;1-6(2)8(11)9(12)7-4-3-5-10-7;1-5(2)7(10)8(11)6-3-9-4-6;1-5(2)7(10)8(11)6-3-4-9-6;1-4(2)6(9)7(10)5-3-8-5/h3*7-8,10-11,13H,3-6H2,1-2H3;2*6-7,9-10,12H,3-5H2,1-2H3;2*5-6,8-9,11H,3-4H2,1-2H3;4-5,7-8,10H,3H2,1-2H3. The molecule has 14 unspecified atom stereocenters.